The molecular formula is C17H21N3O5S. The van der Waals surface area contributed by atoms with Crippen molar-refractivity contribution < 1.29 is 13.2 Å². The average Bonchev–Trinajstić information content (AvgIpc) is 3.42. The third kappa shape index (κ3) is 3.08. The fourth-order valence-electron chi connectivity index (χ4n) is 3.05. The molecule has 1 fully saturated rings. The van der Waals surface area contributed by atoms with E-state index in [0.717, 1.165) is 33.7 Å². The molecule has 1 aliphatic carbocycles. The van der Waals surface area contributed by atoms with Gasteiger partial charge in [-0.1, -0.05) is 18.2 Å². The topological polar surface area (TPSA) is 99.4 Å². The molecule has 0 radical (unpaired) electrons. The van der Waals surface area contributed by atoms with E-state index >= 15 is 0 Å². The zero-order valence-corrected chi connectivity index (χ0v) is 15.7. The third-order valence-electron chi connectivity index (χ3n) is 4.84. The average molecular weight is 379 g/mol. The molecule has 26 heavy (non-hydrogen) atoms. The number of benzene rings is 1. The van der Waals surface area contributed by atoms with E-state index in [1.54, 1.807) is 7.11 Å². The van der Waals surface area contributed by atoms with Crippen LogP contribution in [0.5, 0.6) is 5.75 Å². The van der Waals surface area contributed by atoms with Crippen molar-refractivity contribution in [3.05, 3.63) is 56.9 Å². The van der Waals surface area contributed by atoms with Crippen LogP contribution in [0.2, 0.25) is 0 Å². The normalized spacial score (nSPS) is 15.7. The van der Waals surface area contributed by atoms with E-state index in [9.17, 15) is 18.0 Å². The number of ether oxygens (including phenoxy) is 1. The summed E-state index contributed by atoms with van der Waals surface area (Å²) >= 11 is 0. The number of hydrogen-bond acceptors (Lipinski definition) is 5. The number of nitrogens with one attached hydrogen (secondary N) is 1. The Labute approximate surface area is 151 Å². The quantitative estimate of drug-likeness (QED) is 0.768. The van der Waals surface area contributed by atoms with E-state index in [1.165, 1.54) is 14.1 Å². The smallest absolute Gasteiger partial charge is 0.330 e. The Bertz CT molecular complexity index is 1060. The molecule has 0 saturated heterocycles. The summed E-state index contributed by atoms with van der Waals surface area (Å²) in [5.74, 6) is 0.710. The predicted octanol–water partition coefficient (Wildman–Crippen LogP) is 0.103. The van der Waals surface area contributed by atoms with Gasteiger partial charge in [0, 0.05) is 37.8 Å². The minimum absolute atomic E-state index is 0.154. The highest BCUT2D eigenvalue weighted by Crippen LogP contribution is 2.50. The van der Waals surface area contributed by atoms with Crippen LogP contribution in [0.25, 0.3) is 0 Å². The molecule has 0 atom stereocenters. The Morgan fingerprint density at radius 3 is 2.46 bits per heavy atom. The Hall–Kier alpha value is -2.39. The van der Waals surface area contributed by atoms with Crippen molar-refractivity contribution in [3.63, 3.8) is 0 Å². The van der Waals surface area contributed by atoms with Crippen LogP contribution < -0.4 is 20.7 Å². The SMILES string of the molecule is COc1ccccc1C1(CNS(=O)(=O)c2cn(C)c(=O)n(C)c2=O)CC1. The molecule has 9 heteroatoms. The van der Waals surface area contributed by atoms with Crippen LogP contribution in [0.4, 0.5) is 0 Å². The summed E-state index contributed by atoms with van der Waals surface area (Å²) in [5, 5.41) is 0. The van der Waals surface area contributed by atoms with Crippen LogP contribution in [0.1, 0.15) is 18.4 Å². The molecular weight excluding hydrogens is 358 g/mol. The van der Waals surface area contributed by atoms with Gasteiger partial charge in [-0.3, -0.25) is 9.36 Å². The lowest BCUT2D eigenvalue weighted by molar-refractivity contribution is 0.403. The zero-order valence-electron chi connectivity index (χ0n) is 14.9. The number of aromatic nitrogens is 2. The summed E-state index contributed by atoms with van der Waals surface area (Å²) < 4.78 is 35.1. The monoisotopic (exact) mass is 379 g/mol. The minimum atomic E-state index is -4.06. The molecule has 0 amide bonds. The predicted molar refractivity (Wildman–Crippen MR) is 96.0 cm³/mol. The highest BCUT2D eigenvalue weighted by Gasteiger charge is 2.46. The van der Waals surface area contributed by atoms with Crippen LogP contribution in [0.15, 0.2) is 44.9 Å². The van der Waals surface area contributed by atoms with E-state index in [1.807, 2.05) is 24.3 Å². The van der Waals surface area contributed by atoms with E-state index < -0.39 is 26.2 Å². The Morgan fingerprint density at radius 1 is 1.19 bits per heavy atom. The first kappa shape index (κ1) is 18.4. The first-order chi connectivity index (χ1) is 12.2. The highest BCUT2D eigenvalue weighted by atomic mass is 32.2. The van der Waals surface area contributed by atoms with Crippen molar-refractivity contribution in [1.82, 2.24) is 13.9 Å². The van der Waals surface area contributed by atoms with Gasteiger partial charge in [-0.15, -0.1) is 0 Å². The van der Waals surface area contributed by atoms with E-state index in [4.69, 9.17) is 4.74 Å². The highest BCUT2D eigenvalue weighted by molar-refractivity contribution is 7.89. The fourth-order valence-corrected chi connectivity index (χ4v) is 4.33. The van der Waals surface area contributed by atoms with E-state index in [0.29, 0.717) is 5.75 Å². The molecule has 8 nitrogen and oxygen atoms in total. The molecule has 1 heterocycles. The molecule has 0 unspecified atom stereocenters. The summed E-state index contributed by atoms with van der Waals surface area (Å²) in [6.45, 7) is 0.154. The number of hydrogen-bond donors (Lipinski definition) is 1. The molecule has 2 aromatic rings. The molecule has 0 spiro atoms. The van der Waals surface area contributed by atoms with Gasteiger partial charge in [0.2, 0.25) is 10.0 Å². The second kappa shape index (κ2) is 6.40. The van der Waals surface area contributed by atoms with Gasteiger partial charge in [0.25, 0.3) is 5.56 Å². The number of sulfonamides is 1. The fraction of sp³-hybridized carbons (Fsp3) is 0.412. The van der Waals surface area contributed by atoms with Gasteiger partial charge < -0.3 is 9.30 Å². The Morgan fingerprint density at radius 2 is 1.85 bits per heavy atom. The Balaban J connectivity index is 1.91. The maximum Gasteiger partial charge on any atom is 0.330 e. The summed E-state index contributed by atoms with van der Waals surface area (Å²) in [4.78, 5) is 23.5. The van der Waals surface area contributed by atoms with Gasteiger partial charge in [-0.2, -0.15) is 0 Å². The second-order valence-electron chi connectivity index (χ2n) is 6.56. The summed E-state index contributed by atoms with van der Waals surface area (Å²) in [5.41, 5.74) is -0.825. The summed E-state index contributed by atoms with van der Waals surface area (Å²) in [6.07, 6.45) is 2.69. The van der Waals surface area contributed by atoms with Crippen molar-refractivity contribution in [3.8, 4) is 5.75 Å². The molecule has 0 aliphatic heterocycles. The van der Waals surface area contributed by atoms with Gasteiger partial charge in [0.05, 0.1) is 7.11 Å². The van der Waals surface area contributed by atoms with Crippen LogP contribution in [0, 0.1) is 0 Å². The third-order valence-corrected chi connectivity index (χ3v) is 6.22. The molecule has 1 aromatic carbocycles. The van der Waals surface area contributed by atoms with Gasteiger partial charge >= 0.3 is 5.69 Å². The molecule has 3 rings (SSSR count). The molecule has 140 valence electrons. The van der Waals surface area contributed by atoms with Gasteiger partial charge in [-0.25, -0.2) is 17.9 Å². The van der Waals surface area contributed by atoms with Crippen molar-refractivity contribution in [2.24, 2.45) is 14.1 Å². The van der Waals surface area contributed by atoms with Crippen molar-refractivity contribution in [1.29, 1.82) is 0 Å². The van der Waals surface area contributed by atoms with Crippen molar-refractivity contribution in [2.75, 3.05) is 13.7 Å². The molecule has 1 aromatic heterocycles. The van der Waals surface area contributed by atoms with Gasteiger partial charge in [-0.05, 0) is 18.9 Å². The standard InChI is InChI=1S/C17H21N3O5S/c1-19-10-14(15(21)20(2)16(19)22)26(23,24)18-11-17(8-9-17)12-6-4-5-7-13(12)25-3/h4-7,10,18H,8-9,11H2,1-3H3. The lowest BCUT2D eigenvalue weighted by atomic mass is 9.95. The van der Waals surface area contributed by atoms with Crippen molar-refractivity contribution in [2.45, 2.75) is 23.2 Å². The van der Waals surface area contributed by atoms with Crippen molar-refractivity contribution >= 4 is 10.0 Å². The molecule has 0 bridgehead atoms. The molecule has 1 saturated carbocycles. The van der Waals surface area contributed by atoms with E-state index in [-0.39, 0.29) is 12.0 Å². The number of nitrogens with zero attached hydrogens (tertiary/aromatic N) is 2. The number of para-hydroxylation sites is 1. The summed E-state index contributed by atoms with van der Waals surface area (Å²) in [7, 11) is 0.171. The van der Waals surface area contributed by atoms with E-state index in [2.05, 4.69) is 4.72 Å². The maximum atomic E-state index is 12.7. The number of rotatable bonds is 6. The second-order valence-corrected chi connectivity index (χ2v) is 8.29. The van der Waals surface area contributed by atoms with Crippen LogP contribution in [-0.4, -0.2) is 31.2 Å². The van der Waals surface area contributed by atoms with Gasteiger partial charge in [0.15, 0.2) is 4.90 Å². The molecule has 1 aliphatic rings. The largest absolute Gasteiger partial charge is 0.496 e. The lowest BCUT2D eigenvalue weighted by Gasteiger charge is -2.19. The summed E-state index contributed by atoms with van der Waals surface area (Å²) in [6, 6.07) is 7.50. The van der Waals surface area contributed by atoms with Gasteiger partial charge in [0.1, 0.15) is 5.75 Å². The van der Waals surface area contributed by atoms with Crippen LogP contribution >= 0.6 is 0 Å². The molecule has 1 N–H and O–H groups in total. The maximum absolute atomic E-state index is 12.7. The van der Waals surface area contributed by atoms with Crippen LogP contribution in [-0.2, 0) is 29.5 Å². The first-order valence-corrected chi connectivity index (χ1v) is 9.60. The minimum Gasteiger partial charge on any atom is -0.496 e. The lowest BCUT2D eigenvalue weighted by Crippen LogP contribution is -2.42. The number of methoxy groups -OCH3 is 1. The first-order valence-electron chi connectivity index (χ1n) is 8.12. The Kier molecular flexibility index (Phi) is 4.53. The zero-order chi connectivity index (χ0) is 19.1. The number of aryl methyl sites for hydroxylation is 1. The van der Waals surface area contributed by atoms with Crippen LogP contribution in [0.3, 0.4) is 0 Å².